The van der Waals surface area contributed by atoms with Crippen LogP contribution in [0.15, 0.2) is 18.5 Å². The number of carbonyl (C=O) groups is 1. The summed E-state index contributed by atoms with van der Waals surface area (Å²) in [5, 5.41) is 11.7. The van der Waals surface area contributed by atoms with Gasteiger partial charge in [0.1, 0.15) is 11.3 Å². The number of aromatic nitrogens is 1. The van der Waals surface area contributed by atoms with E-state index in [0.717, 1.165) is 0 Å². The number of hydrogen-bond donors (Lipinski definition) is 1. The zero-order valence-electron chi connectivity index (χ0n) is 10.2. The van der Waals surface area contributed by atoms with Crippen LogP contribution in [-0.4, -0.2) is 23.5 Å². The molecule has 0 spiro atoms. The van der Waals surface area contributed by atoms with Crippen molar-refractivity contribution < 1.29 is 9.53 Å². The number of amides is 1. The summed E-state index contributed by atoms with van der Waals surface area (Å²) < 4.78 is 5.04. The maximum absolute atomic E-state index is 12.0. The summed E-state index contributed by atoms with van der Waals surface area (Å²) in [5.74, 6) is 0.0524. The molecule has 1 rings (SSSR count). The van der Waals surface area contributed by atoms with Crippen LogP contribution < -0.4 is 10.1 Å². The summed E-state index contributed by atoms with van der Waals surface area (Å²) in [6.45, 7) is 3.52. The number of nitriles is 1. The Morgan fingerprint density at radius 1 is 1.71 bits per heavy atom. The van der Waals surface area contributed by atoms with Crippen molar-refractivity contribution in [1.82, 2.24) is 10.3 Å². The highest BCUT2D eigenvalue weighted by molar-refractivity contribution is 5.97. The van der Waals surface area contributed by atoms with Gasteiger partial charge in [0, 0.05) is 6.20 Å². The van der Waals surface area contributed by atoms with Crippen LogP contribution in [0.4, 0.5) is 0 Å². The Morgan fingerprint density at radius 3 is 2.94 bits per heavy atom. The summed E-state index contributed by atoms with van der Waals surface area (Å²) in [7, 11) is 1.47. The van der Waals surface area contributed by atoms with E-state index >= 15 is 0 Å². The first-order valence-corrected chi connectivity index (χ1v) is 5.28. The van der Waals surface area contributed by atoms with Crippen LogP contribution in [0.25, 0.3) is 0 Å². The third-order valence-corrected chi connectivity index (χ3v) is 2.59. The van der Waals surface area contributed by atoms with Gasteiger partial charge < -0.3 is 10.1 Å². The van der Waals surface area contributed by atoms with Crippen molar-refractivity contribution in [2.24, 2.45) is 0 Å². The number of rotatable bonds is 4. The van der Waals surface area contributed by atoms with Gasteiger partial charge in [0.05, 0.1) is 24.9 Å². The van der Waals surface area contributed by atoms with E-state index < -0.39 is 5.54 Å². The van der Waals surface area contributed by atoms with Gasteiger partial charge >= 0.3 is 0 Å². The van der Waals surface area contributed by atoms with Gasteiger partial charge in [0.2, 0.25) is 0 Å². The van der Waals surface area contributed by atoms with Crippen LogP contribution in [-0.2, 0) is 0 Å². The molecule has 0 bridgehead atoms. The number of pyridine rings is 1. The molecule has 1 atom stereocenters. The lowest BCUT2D eigenvalue weighted by atomic mass is 10.0. The molecule has 0 radical (unpaired) electrons. The normalized spacial score (nSPS) is 13.3. The second-order valence-corrected chi connectivity index (χ2v) is 3.83. The number of methoxy groups -OCH3 is 1. The van der Waals surface area contributed by atoms with Crippen LogP contribution >= 0.6 is 0 Å². The number of nitrogens with zero attached hydrogens (tertiary/aromatic N) is 2. The van der Waals surface area contributed by atoms with Gasteiger partial charge in [-0.15, -0.1) is 0 Å². The molecule has 17 heavy (non-hydrogen) atoms. The van der Waals surface area contributed by atoms with Crippen molar-refractivity contribution in [3.05, 3.63) is 24.0 Å². The summed E-state index contributed by atoms with van der Waals surface area (Å²) in [6.07, 6.45) is 3.50. The van der Waals surface area contributed by atoms with Gasteiger partial charge in [-0.2, -0.15) is 5.26 Å². The highest BCUT2D eigenvalue weighted by Crippen LogP contribution is 2.17. The maximum atomic E-state index is 12.0. The maximum Gasteiger partial charge on any atom is 0.256 e. The van der Waals surface area contributed by atoms with Crippen LogP contribution in [0.5, 0.6) is 5.75 Å². The van der Waals surface area contributed by atoms with Crippen molar-refractivity contribution >= 4 is 5.91 Å². The standard InChI is InChI=1S/C12H15N3O2/c1-4-12(2,8-13)15-11(16)9-5-6-14-7-10(9)17-3/h5-7H,4H2,1-3H3,(H,15,16). The molecule has 0 aliphatic carbocycles. The van der Waals surface area contributed by atoms with Gasteiger partial charge in [0.15, 0.2) is 0 Å². The van der Waals surface area contributed by atoms with E-state index in [0.29, 0.717) is 17.7 Å². The molecule has 0 saturated heterocycles. The van der Waals surface area contributed by atoms with Crippen molar-refractivity contribution in [2.75, 3.05) is 7.11 Å². The number of ether oxygens (including phenoxy) is 1. The highest BCUT2D eigenvalue weighted by Gasteiger charge is 2.25. The molecule has 1 amide bonds. The second-order valence-electron chi connectivity index (χ2n) is 3.83. The van der Waals surface area contributed by atoms with Crippen molar-refractivity contribution in [1.29, 1.82) is 5.26 Å². The molecule has 0 saturated carbocycles. The summed E-state index contributed by atoms with van der Waals surface area (Å²) in [5.41, 5.74) is -0.497. The summed E-state index contributed by atoms with van der Waals surface area (Å²) in [4.78, 5) is 15.9. The zero-order chi connectivity index (χ0) is 12.9. The monoisotopic (exact) mass is 233 g/mol. The van der Waals surface area contributed by atoms with Crippen LogP contribution in [0, 0.1) is 11.3 Å². The topological polar surface area (TPSA) is 75.0 Å². The van der Waals surface area contributed by atoms with E-state index in [1.54, 1.807) is 13.0 Å². The third kappa shape index (κ3) is 2.94. The van der Waals surface area contributed by atoms with Gasteiger partial charge in [-0.25, -0.2) is 0 Å². The predicted octanol–water partition coefficient (Wildman–Crippen LogP) is 1.51. The lowest BCUT2D eigenvalue weighted by Crippen LogP contribution is -2.44. The summed E-state index contributed by atoms with van der Waals surface area (Å²) in [6, 6.07) is 3.64. The highest BCUT2D eigenvalue weighted by atomic mass is 16.5. The molecule has 90 valence electrons. The minimum absolute atomic E-state index is 0.338. The molecule has 0 aliphatic rings. The molecule has 1 unspecified atom stereocenters. The fraction of sp³-hybridized carbons (Fsp3) is 0.417. The molecule has 5 heteroatoms. The average molecular weight is 233 g/mol. The minimum atomic E-state index is -0.870. The molecule has 1 N–H and O–H groups in total. The Balaban J connectivity index is 2.95. The van der Waals surface area contributed by atoms with Crippen molar-refractivity contribution in [2.45, 2.75) is 25.8 Å². The van der Waals surface area contributed by atoms with E-state index in [-0.39, 0.29) is 5.91 Å². The third-order valence-electron chi connectivity index (χ3n) is 2.59. The first kappa shape index (κ1) is 13.0. The van der Waals surface area contributed by atoms with Crippen LogP contribution in [0.2, 0.25) is 0 Å². The first-order chi connectivity index (χ1) is 8.06. The first-order valence-electron chi connectivity index (χ1n) is 5.28. The Kier molecular flexibility index (Phi) is 4.05. The summed E-state index contributed by atoms with van der Waals surface area (Å²) >= 11 is 0. The van der Waals surface area contributed by atoms with Crippen molar-refractivity contribution in [3.63, 3.8) is 0 Å². The van der Waals surface area contributed by atoms with Gasteiger partial charge in [0.25, 0.3) is 5.91 Å². The molecule has 1 aromatic rings. The largest absolute Gasteiger partial charge is 0.494 e. The lowest BCUT2D eigenvalue weighted by molar-refractivity contribution is 0.0920. The number of nitrogens with one attached hydrogen (secondary N) is 1. The number of hydrogen-bond acceptors (Lipinski definition) is 4. The Bertz CT molecular complexity index is 453. The molecule has 5 nitrogen and oxygen atoms in total. The smallest absolute Gasteiger partial charge is 0.256 e. The van der Waals surface area contributed by atoms with E-state index in [2.05, 4.69) is 16.4 Å². The van der Waals surface area contributed by atoms with Gasteiger partial charge in [-0.1, -0.05) is 6.92 Å². The number of carbonyl (C=O) groups excluding carboxylic acids is 1. The lowest BCUT2D eigenvalue weighted by Gasteiger charge is -2.21. The Morgan fingerprint density at radius 2 is 2.41 bits per heavy atom. The second kappa shape index (κ2) is 5.30. The van der Waals surface area contributed by atoms with Gasteiger partial charge in [-0.3, -0.25) is 9.78 Å². The van der Waals surface area contributed by atoms with Crippen LogP contribution in [0.1, 0.15) is 30.6 Å². The molecule has 1 heterocycles. The molecular weight excluding hydrogens is 218 g/mol. The van der Waals surface area contributed by atoms with Gasteiger partial charge in [-0.05, 0) is 19.4 Å². The van der Waals surface area contributed by atoms with Crippen molar-refractivity contribution in [3.8, 4) is 11.8 Å². The van der Waals surface area contributed by atoms with E-state index in [9.17, 15) is 4.79 Å². The quantitative estimate of drug-likeness (QED) is 0.855. The van der Waals surface area contributed by atoms with E-state index in [4.69, 9.17) is 10.00 Å². The fourth-order valence-corrected chi connectivity index (χ4v) is 1.24. The fourth-order valence-electron chi connectivity index (χ4n) is 1.24. The molecule has 0 fully saturated rings. The molecule has 1 aromatic heterocycles. The Hall–Kier alpha value is -2.09. The Labute approximate surface area is 100 Å². The van der Waals surface area contributed by atoms with E-state index in [1.807, 2.05) is 6.92 Å². The molecule has 0 aliphatic heterocycles. The van der Waals surface area contributed by atoms with E-state index in [1.165, 1.54) is 19.5 Å². The predicted molar refractivity (Wildman–Crippen MR) is 62.6 cm³/mol. The molecular formula is C12H15N3O2. The molecule has 0 aromatic carbocycles. The SMILES string of the molecule is CCC(C)(C#N)NC(=O)c1ccncc1OC. The average Bonchev–Trinajstić information content (AvgIpc) is 2.38. The van der Waals surface area contributed by atoms with Crippen LogP contribution in [0.3, 0.4) is 0 Å². The minimum Gasteiger partial charge on any atom is -0.494 e. The zero-order valence-corrected chi connectivity index (χ0v) is 10.2.